The summed E-state index contributed by atoms with van der Waals surface area (Å²) in [7, 11) is 0. The molecule has 0 aliphatic carbocycles. The van der Waals surface area contributed by atoms with E-state index >= 15 is 0 Å². The third kappa shape index (κ3) is 3.11. The van der Waals surface area contributed by atoms with Crippen molar-refractivity contribution in [3.05, 3.63) is 69.2 Å². The lowest BCUT2D eigenvalue weighted by atomic mass is 10.0. The van der Waals surface area contributed by atoms with E-state index in [0.29, 0.717) is 0 Å². The molecule has 0 saturated heterocycles. The molecule has 2 aromatic carbocycles. The number of hydrogen-bond donors (Lipinski definition) is 0. The summed E-state index contributed by atoms with van der Waals surface area (Å²) < 4.78 is 26.6. The first-order chi connectivity index (χ1) is 8.99. The molecule has 0 radical (unpaired) electrons. The van der Waals surface area contributed by atoms with E-state index < -0.39 is 11.6 Å². The maximum absolute atomic E-state index is 13.7. The van der Waals surface area contributed by atoms with Crippen molar-refractivity contribution in [3.63, 3.8) is 0 Å². The highest BCUT2D eigenvalue weighted by Crippen LogP contribution is 2.21. The van der Waals surface area contributed by atoms with Crippen molar-refractivity contribution >= 4 is 29.0 Å². The van der Waals surface area contributed by atoms with Crippen LogP contribution in [-0.2, 0) is 6.42 Å². The molecule has 0 bridgehead atoms. The van der Waals surface area contributed by atoms with Crippen molar-refractivity contribution in [2.45, 2.75) is 6.42 Å². The average Bonchev–Trinajstić information content (AvgIpc) is 2.38. The van der Waals surface area contributed by atoms with Crippen LogP contribution in [0.4, 0.5) is 8.78 Å². The molecular weight excluding hydrogens is 293 g/mol. The Balaban J connectivity index is 2.26. The van der Waals surface area contributed by atoms with Gasteiger partial charge in [0, 0.05) is 12.0 Å². The van der Waals surface area contributed by atoms with Gasteiger partial charge < -0.3 is 0 Å². The summed E-state index contributed by atoms with van der Waals surface area (Å²) >= 11 is 11.2. The van der Waals surface area contributed by atoms with Gasteiger partial charge in [-0.3, -0.25) is 4.79 Å². The van der Waals surface area contributed by atoms with E-state index in [-0.39, 0.29) is 33.4 Å². The second-order valence-electron chi connectivity index (χ2n) is 3.94. The molecule has 19 heavy (non-hydrogen) atoms. The fraction of sp³-hybridized carbons (Fsp3) is 0.0714. The molecule has 0 spiro atoms. The zero-order valence-electron chi connectivity index (χ0n) is 9.59. The summed E-state index contributed by atoms with van der Waals surface area (Å²) in [5.41, 5.74) is 0.420. The van der Waals surface area contributed by atoms with Crippen LogP contribution in [0.1, 0.15) is 15.9 Å². The summed E-state index contributed by atoms with van der Waals surface area (Å²) in [5, 5.41) is -0.181. The second kappa shape index (κ2) is 5.68. The topological polar surface area (TPSA) is 17.1 Å². The van der Waals surface area contributed by atoms with Crippen LogP contribution in [0, 0.1) is 11.6 Å². The Labute approximate surface area is 118 Å². The molecule has 0 amide bonds. The maximum Gasteiger partial charge on any atom is 0.167 e. The molecule has 5 heteroatoms. The van der Waals surface area contributed by atoms with Crippen LogP contribution in [0.3, 0.4) is 0 Å². The van der Waals surface area contributed by atoms with Crippen LogP contribution in [0.5, 0.6) is 0 Å². The number of rotatable bonds is 3. The standard InChI is InChI=1S/C14H8Cl2F2O/c15-10-3-1-2-9(14(10)18)7-13(19)8-4-5-12(17)11(16)6-8/h1-6H,7H2. The highest BCUT2D eigenvalue weighted by atomic mass is 35.5. The predicted molar refractivity (Wildman–Crippen MR) is 70.9 cm³/mol. The molecule has 0 N–H and O–H groups in total. The SMILES string of the molecule is O=C(Cc1cccc(Cl)c1F)c1ccc(F)c(Cl)c1. The summed E-state index contributed by atoms with van der Waals surface area (Å²) in [6, 6.07) is 8.08. The molecule has 2 aromatic rings. The Bertz CT molecular complexity index is 641. The van der Waals surface area contributed by atoms with Crippen LogP contribution in [-0.4, -0.2) is 5.78 Å². The number of benzene rings is 2. The van der Waals surface area contributed by atoms with Gasteiger partial charge in [-0.1, -0.05) is 35.3 Å². The van der Waals surface area contributed by atoms with Crippen LogP contribution in [0.25, 0.3) is 0 Å². The van der Waals surface area contributed by atoms with E-state index in [0.717, 1.165) is 6.07 Å². The molecular formula is C14H8Cl2F2O. The lowest BCUT2D eigenvalue weighted by Gasteiger charge is -2.05. The summed E-state index contributed by atoms with van der Waals surface area (Å²) in [6.07, 6.45) is -0.158. The normalized spacial score (nSPS) is 10.5. The zero-order chi connectivity index (χ0) is 14.0. The van der Waals surface area contributed by atoms with E-state index in [1.54, 1.807) is 6.07 Å². The molecule has 0 unspecified atom stereocenters. The molecule has 2 rings (SSSR count). The smallest absolute Gasteiger partial charge is 0.167 e. The molecule has 0 atom stereocenters. The van der Waals surface area contributed by atoms with E-state index in [4.69, 9.17) is 23.2 Å². The Kier molecular flexibility index (Phi) is 4.17. The third-order valence-electron chi connectivity index (χ3n) is 2.62. The van der Waals surface area contributed by atoms with Gasteiger partial charge in [0.2, 0.25) is 0 Å². The quantitative estimate of drug-likeness (QED) is 0.751. The highest BCUT2D eigenvalue weighted by molar-refractivity contribution is 6.31. The maximum atomic E-state index is 13.7. The molecule has 0 aliphatic heterocycles. The fourth-order valence-electron chi connectivity index (χ4n) is 1.63. The molecule has 0 fully saturated rings. The first-order valence-corrected chi connectivity index (χ1v) is 6.16. The van der Waals surface area contributed by atoms with Crippen molar-refractivity contribution in [2.75, 3.05) is 0 Å². The minimum absolute atomic E-state index is 0.0394. The van der Waals surface area contributed by atoms with Gasteiger partial charge in [0.25, 0.3) is 0 Å². The number of carbonyl (C=O) groups is 1. The van der Waals surface area contributed by atoms with Crippen molar-refractivity contribution in [3.8, 4) is 0 Å². The number of halogens is 4. The summed E-state index contributed by atoms with van der Waals surface area (Å²) in [5.74, 6) is -1.58. The number of Topliss-reactive ketones (excluding diaryl/α,β-unsaturated/α-hetero) is 1. The minimum atomic E-state index is -0.620. The number of carbonyl (C=O) groups excluding carboxylic acids is 1. The van der Waals surface area contributed by atoms with Crippen LogP contribution in [0.15, 0.2) is 36.4 Å². The Morgan fingerprint density at radius 2 is 1.79 bits per heavy atom. The Morgan fingerprint density at radius 3 is 2.47 bits per heavy atom. The van der Waals surface area contributed by atoms with Gasteiger partial charge in [-0.2, -0.15) is 0 Å². The first-order valence-electron chi connectivity index (χ1n) is 5.40. The fourth-order valence-corrected chi connectivity index (χ4v) is 2.00. The summed E-state index contributed by atoms with van der Waals surface area (Å²) in [6.45, 7) is 0. The van der Waals surface area contributed by atoms with Crippen molar-refractivity contribution in [1.29, 1.82) is 0 Å². The van der Waals surface area contributed by atoms with E-state index in [1.807, 2.05) is 0 Å². The second-order valence-corrected chi connectivity index (χ2v) is 4.76. The van der Waals surface area contributed by atoms with Crippen LogP contribution >= 0.6 is 23.2 Å². The molecule has 0 aromatic heterocycles. The van der Waals surface area contributed by atoms with Crippen molar-refractivity contribution in [1.82, 2.24) is 0 Å². The van der Waals surface area contributed by atoms with Gasteiger partial charge in [-0.25, -0.2) is 8.78 Å². The van der Waals surface area contributed by atoms with Crippen molar-refractivity contribution in [2.24, 2.45) is 0 Å². The largest absolute Gasteiger partial charge is 0.294 e. The van der Waals surface area contributed by atoms with E-state index in [1.165, 1.54) is 24.3 Å². The van der Waals surface area contributed by atoms with Crippen LogP contribution in [0.2, 0.25) is 10.0 Å². The number of ketones is 1. The predicted octanol–water partition coefficient (Wildman–Crippen LogP) is 4.70. The minimum Gasteiger partial charge on any atom is -0.294 e. The average molecular weight is 301 g/mol. The van der Waals surface area contributed by atoms with Gasteiger partial charge in [-0.05, 0) is 29.8 Å². The number of hydrogen-bond acceptors (Lipinski definition) is 1. The van der Waals surface area contributed by atoms with Crippen molar-refractivity contribution < 1.29 is 13.6 Å². The molecule has 1 nitrogen and oxygen atoms in total. The van der Waals surface area contributed by atoms with Gasteiger partial charge >= 0.3 is 0 Å². The zero-order valence-corrected chi connectivity index (χ0v) is 11.1. The lowest BCUT2D eigenvalue weighted by molar-refractivity contribution is 0.0992. The van der Waals surface area contributed by atoms with E-state index in [9.17, 15) is 13.6 Å². The molecule has 98 valence electrons. The lowest BCUT2D eigenvalue weighted by Crippen LogP contribution is -2.05. The van der Waals surface area contributed by atoms with Gasteiger partial charge in [-0.15, -0.1) is 0 Å². The van der Waals surface area contributed by atoms with E-state index in [2.05, 4.69) is 0 Å². The molecule has 0 saturated carbocycles. The van der Waals surface area contributed by atoms with Gasteiger partial charge in [0.05, 0.1) is 10.0 Å². The molecule has 0 heterocycles. The molecule has 0 aliphatic rings. The summed E-state index contributed by atoms with van der Waals surface area (Å²) in [4.78, 5) is 12.0. The third-order valence-corrected chi connectivity index (χ3v) is 3.21. The Morgan fingerprint density at radius 1 is 1.05 bits per heavy atom. The highest BCUT2D eigenvalue weighted by Gasteiger charge is 2.13. The first kappa shape index (κ1) is 14.0. The monoisotopic (exact) mass is 300 g/mol. The van der Waals surface area contributed by atoms with Crippen LogP contribution < -0.4 is 0 Å². The van der Waals surface area contributed by atoms with Gasteiger partial charge in [0.15, 0.2) is 5.78 Å². The van der Waals surface area contributed by atoms with Gasteiger partial charge in [0.1, 0.15) is 11.6 Å². The Hall–Kier alpha value is -1.45.